The second kappa shape index (κ2) is 4.33. The largest absolute Gasteiger partial charge is 0.476 e. The molecule has 94 valence electrons. The molecule has 0 spiro atoms. The number of carboxylic acids is 1. The number of aromatic nitrogens is 4. The van der Waals surface area contributed by atoms with Crippen LogP contribution in [0.3, 0.4) is 0 Å². The lowest BCUT2D eigenvalue weighted by Crippen LogP contribution is -2.04. The van der Waals surface area contributed by atoms with Gasteiger partial charge in [0.1, 0.15) is 11.8 Å². The fraction of sp³-hybridized carbons (Fsp3) is 0. The molecule has 0 aliphatic rings. The van der Waals surface area contributed by atoms with E-state index in [0.717, 1.165) is 5.69 Å². The Kier molecular flexibility index (Phi) is 2.64. The molecule has 19 heavy (non-hydrogen) atoms. The van der Waals surface area contributed by atoms with Gasteiger partial charge in [0.2, 0.25) is 5.28 Å². The normalized spacial score (nSPS) is 10.8. The number of benzene rings is 1. The first kappa shape index (κ1) is 11.6. The van der Waals surface area contributed by atoms with Crippen molar-refractivity contribution in [2.75, 3.05) is 0 Å². The molecule has 0 saturated heterocycles. The van der Waals surface area contributed by atoms with Gasteiger partial charge in [-0.2, -0.15) is 4.98 Å². The fourth-order valence-electron chi connectivity index (χ4n) is 1.80. The molecule has 3 aromatic rings. The van der Waals surface area contributed by atoms with Crippen molar-refractivity contribution in [1.82, 2.24) is 19.5 Å². The van der Waals surface area contributed by atoms with E-state index in [2.05, 4.69) is 15.0 Å². The van der Waals surface area contributed by atoms with Crippen LogP contribution in [-0.4, -0.2) is 30.6 Å². The highest BCUT2D eigenvalue weighted by Gasteiger charge is 2.18. The molecule has 0 aliphatic heterocycles. The van der Waals surface area contributed by atoms with E-state index in [9.17, 15) is 4.79 Å². The molecule has 0 radical (unpaired) electrons. The highest BCUT2D eigenvalue weighted by atomic mass is 35.5. The number of hydrogen-bond acceptors (Lipinski definition) is 4. The number of para-hydroxylation sites is 1. The van der Waals surface area contributed by atoms with Crippen LogP contribution in [-0.2, 0) is 0 Å². The molecule has 0 amide bonds. The third kappa shape index (κ3) is 1.92. The van der Waals surface area contributed by atoms with Crippen molar-refractivity contribution in [1.29, 1.82) is 0 Å². The fourth-order valence-corrected chi connectivity index (χ4v) is 1.96. The Bertz CT molecular complexity index is 770. The molecule has 0 atom stereocenters. The molecule has 6 nitrogen and oxygen atoms in total. The van der Waals surface area contributed by atoms with Crippen LogP contribution < -0.4 is 0 Å². The van der Waals surface area contributed by atoms with Gasteiger partial charge in [-0.15, -0.1) is 0 Å². The Morgan fingerprint density at radius 2 is 1.95 bits per heavy atom. The van der Waals surface area contributed by atoms with Gasteiger partial charge in [-0.3, -0.25) is 4.57 Å². The predicted octanol–water partition coefficient (Wildman–Crippen LogP) is 2.17. The van der Waals surface area contributed by atoms with Crippen molar-refractivity contribution in [3.05, 3.63) is 47.6 Å². The number of rotatable bonds is 2. The van der Waals surface area contributed by atoms with Gasteiger partial charge in [0.25, 0.3) is 0 Å². The first-order valence-electron chi connectivity index (χ1n) is 5.36. The van der Waals surface area contributed by atoms with Gasteiger partial charge in [0, 0.05) is 5.69 Å². The third-order valence-corrected chi connectivity index (χ3v) is 2.77. The summed E-state index contributed by atoms with van der Waals surface area (Å²) in [4.78, 5) is 22.9. The Morgan fingerprint density at radius 3 is 2.63 bits per heavy atom. The van der Waals surface area contributed by atoms with Crippen LogP contribution in [0.2, 0.25) is 5.28 Å². The average molecular weight is 275 g/mol. The maximum Gasteiger partial charge on any atom is 0.357 e. The van der Waals surface area contributed by atoms with E-state index in [1.54, 1.807) is 4.57 Å². The minimum absolute atomic E-state index is 0.123. The minimum atomic E-state index is -1.19. The van der Waals surface area contributed by atoms with Crippen molar-refractivity contribution in [2.24, 2.45) is 0 Å². The molecule has 2 heterocycles. The predicted molar refractivity (Wildman–Crippen MR) is 68.6 cm³/mol. The van der Waals surface area contributed by atoms with E-state index < -0.39 is 5.97 Å². The van der Waals surface area contributed by atoms with Crippen LogP contribution in [0.25, 0.3) is 16.9 Å². The maximum absolute atomic E-state index is 11.1. The SMILES string of the molecule is O=C(O)c1nc(Cl)nc2c1ncn2-c1ccccc1. The zero-order chi connectivity index (χ0) is 13.4. The van der Waals surface area contributed by atoms with Crippen molar-refractivity contribution >= 4 is 28.7 Å². The van der Waals surface area contributed by atoms with Crippen LogP contribution in [0.5, 0.6) is 0 Å². The topological polar surface area (TPSA) is 80.9 Å². The average Bonchev–Trinajstić information content (AvgIpc) is 2.82. The second-order valence-electron chi connectivity index (χ2n) is 3.77. The number of imidazole rings is 1. The molecular formula is C12H7ClN4O2. The number of aromatic carboxylic acids is 1. The number of carboxylic acid groups (broad SMARTS) is 1. The van der Waals surface area contributed by atoms with E-state index in [0.29, 0.717) is 5.65 Å². The summed E-state index contributed by atoms with van der Waals surface area (Å²) in [5.41, 5.74) is 1.19. The monoisotopic (exact) mass is 274 g/mol. The number of halogens is 1. The smallest absolute Gasteiger partial charge is 0.357 e. The summed E-state index contributed by atoms with van der Waals surface area (Å²) in [6.07, 6.45) is 1.50. The summed E-state index contributed by atoms with van der Waals surface area (Å²) in [5, 5.41) is 8.97. The molecule has 7 heteroatoms. The molecule has 0 saturated carbocycles. The van der Waals surface area contributed by atoms with Crippen LogP contribution >= 0.6 is 11.6 Å². The Labute approximate surface area is 112 Å². The molecule has 0 aliphatic carbocycles. The van der Waals surface area contributed by atoms with Gasteiger partial charge in [0.15, 0.2) is 11.3 Å². The Morgan fingerprint density at radius 1 is 1.21 bits per heavy atom. The molecule has 1 N–H and O–H groups in total. The van der Waals surface area contributed by atoms with Gasteiger partial charge in [-0.25, -0.2) is 14.8 Å². The highest BCUT2D eigenvalue weighted by Crippen LogP contribution is 2.20. The lowest BCUT2D eigenvalue weighted by atomic mass is 10.3. The van der Waals surface area contributed by atoms with Crippen molar-refractivity contribution < 1.29 is 9.90 Å². The van der Waals surface area contributed by atoms with E-state index in [1.165, 1.54) is 6.33 Å². The van der Waals surface area contributed by atoms with Gasteiger partial charge >= 0.3 is 5.97 Å². The minimum Gasteiger partial charge on any atom is -0.476 e. The summed E-state index contributed by atoms with van der Waals surface area (Å²) in [5.74, 6) is -1.19. The van der Waals surface area contributed by atoms with Gasteiger partial charge in [-0.1, -0.05) is 18.2 Å². The van der Waals surface area contributed by atoms with Crippen molar-refractivity contribution in [2.45, 2.75) is 0 Å². The summed E-state index contributed by atoms with van der Waals surface area (Å²) in [6, 6.07) is 9.33. The maximum atomic E-state index is 11.1. The van der Waals surface area contributed by atoms with Crippen LogP contribution in [0, 0.1) is 0 Å². The van der Waals surface area contributed by atoms with Crippen LogP contribution in [0.1, 0.15) is 10.5 Å². The Balaban J connectivity index is 2.32. The zero-order valence-electron chi connectivity index (χ0n) is 9.49. The number of nitrogens with zero attached hydrogens (tertiary/aromatic N) is 4. The molecular weight excluding hydrogens is 268 g/mol. The molecule has 2 aromatic heterocycles. The third-order valence-electron chi connectivity index (χ3n) is 2.61. The number of fused-ring (bicyclic) bond motifs is 1. The number of hydrogen-bond donors (Lipinski definition) is 1. The Hall–Kier alpha value is -2.47. The molecule has 0 bridgehead atoms. The first-order valence-corrected chi connectivity index (χ1v) is 5.74. The van der Waals surface area contributed by atoms with Gasteiger partial charge < -0.3 is 5.11 Å². The summed E-state index contributed by atoms with van der Waals surface area (Å²) in [6.45, 7) is 0. The summed E-state index contributed by atoms with van der Waals surface area (Å²) in [7, 11) is 0. The highest BCUT2D eigenvalue weighted by molar-refractivity contribution is 6.28. The lowest BCUT2D eigenvalue weighted by molar-refractivity contribution is 0.0692. The van der Waals surface area contributed by atoms with Crippen LogP contribution in [0.15, 0.2) is 36.7 Å². The van der Waals surface area contributed by atoms with Crippen LogP contribution in [0.4, 0.5) is 0 Å². The second-order valence-corrected chi connectivity index (χ2v) is 4.11. The lowest BCUT2D eigenvalue weighted by Gasteiger charge is -2.03. The molecule has 0 fully saturated rings. The quantitative estimate of drug-likeness (QED) is 0.724. The summed E-state index contributed by atoms with van der Waals surface area (Å²) < 4.78 is 1.66. The first-order chi connectivity index (χ1) is 9.16. The standard InChI is InChI=1S/C12H7ClN4O2/c13-12-15-9(11(18)19)8-10(16-12)17(6-14-8)7-4-2-1-3-5-7/h1-6H,(H,18,19). The van der Waals surface area contributed by atoms with Gasteiger partial charge in [-0.05, 0) is 23.7 Å². The molecule has 1 aromatic carbocycles. The zero-order valence-corrected chi connectivity index (χ0v) is 10.2. The van der Waals surface area contributed by atoms with Crippen molar-refractivity contribution in [3.63, 3.8) is 0 Å². The van der Waals surface area contributed by atoms with E-state index in [4.69, 9.17) is 16.7 Å². The molecule has 0 unspecified atom stereocenters. The van der Waals surface area contributed by atoms with E-state index >= 15 is 0 Å². The van der Waals surface area contributed by atoms with E-state index in [-0.39, 0.29) is 16.5 Å². The van der Waals surface area contributed by atoms with Crippen molar-refractivity contribution in [3.8, 4) is 5.69 Å². The number of carbonyl (C=O) groups is 1. The van der Waals surface area contributed by atoms with Gasteiger partial charge in [0.05, 0.1) is 0 Å². The summed E-state index contributed by atoms with van der Waals surface area (Å²) >= 11 is 5.76. The molecule has 3 rings (SSSR count). The van der Waals surface area contributed by atoms with E-state index in [1.807, 2.05) is 30.3 Å².